The molecule has 0 radical (unpaired) electrons. The first kappa shape index (κ1) is 23.2. The number of hydrogen-bond donors (Lipinski definition) is 2. The number of benzene rings is 1. The van der Waals surface area contributed by atoms with Crippen molar-refractivity contribution in [1.82, 2.24) is 10.6 Å². The molecule has 12 heteroatoms. The van der Waals surface area contributed by atoms with E-state index in [4.69, 9.17) is 0 Å². The lowest BCUT2D eigenvalue weighted by atomic mass is 10.0. The third kappa shape index (κ3) is 8.57. The maximum Gasteiger partial charge on any atom is 0.422 e. The van der Waals surface area contributed by atoms with Crippen LogP contribution in [0.3, 0.4) is 0 Å². The van der Waals surface area contributed by atoms with Crippen molar-refractivity contribution in [2.24, 2.45) is 5.92 Å². The highest BCUT2D eigenvalue weighted by Gasteiger charge is 2.30. The Balaban J connectivity index is 0.00000364. The molecule has 2 rings (SSSR count). The monoisotopic (exact) mass is 422 g/mol. The largest absolute Gasteiger partial charge is 0.484 e. The Kier molecular flexibility index (Phi) is 8.03. The fourth-order valence-corrected chi connectivity index (χ4v) is 2.03. The summed E-state index contributed by atoms with van der Waals surface area (Å²) in [4.78, 5) is 12.1. The van der Waals surface area contributed by atoms with Gasteiger partial charge in [0, 0.05) is 37.2 Å². The Morgan fingerprint density at radius 3 is 1.85 bits per heavy atom. The van der Waals surface area contributed by atoms with Crippen LogP contribution in [0.15, 0.2) is 18.2 Å². The fourth-order valence-electron chi connectivity index (χ4n) is 2.03. The van der Waals surface area contributed by atoms with E-state index in [0.29, 0.717) is 6.54 Å². The number of carbonyl (C=O) groups excluding carboxylic acids is 1. The lowest BCUT2D eigenvalue weighted by Gasteiger charge is -2.27. The zero-order chi connectivity index (χ0) is 19.4. The van der Waals surface area contributed by atoms with E-state index in [0.717, 1.165) is 31.3 Å². The van der Waals surface area contributed by atoms with Crippen molar-refractivity contribution in [3.63, 3.8) is 0 Å². The smallest absolute Gasteiger partial charge is 0.422 e. The highest BCUT2D eigenvalue weighted by atomic mass is 35.5. The van der Waals surface area contributed by atoms with Crippen molar-refractivity contribution in [2.75, 3.05) is 32.8 Å². The van der Waals surface area contributed by atoms with Gasteiger partial charge in [-0.2, -0.15) is 26.3 Å². The minimum absolute atomic E-state index is 0. The normalized spacial score (nSPS) is 14.7. The average Bonchev–Trinajstić information content (AvgIpc) is 2.48. The van der Waals surface area contributed by atoms with Crippen LogP contribution in [-0.2, 0) is 0 Å². The molecule has 154 valence electrons. The number of alkyl halides is 6. The molecule has 1 aromatic carbocycles. The number of ether oxygens (including phenoxy) is 2. The third-order valence-corrected chi connectivity index (χ3v) is 3.36. The molecule has 2 N–H and O–H groups in total. The summed E-state index contributed by atoms with van der Waals surface area (Å²) in [6, 6.07) is 2.89. The molecule has 0 atom stereocenters. The van der Waals surface area contributed by atoms with Gasteiger partial charge in [-0.25, -0.2) is 0 Å². The summed E-state index contributed by atoms with van der Waals surface area (Å²) in [5, 5.41) is 5.57. The van der Waals surface area contributed by atoms with E-state index in [2.05, 4.69) is 20.1 Å². The summed E-state index contributed by atoms with van der Waals surface area (Å²) in [5.74, 6) is -1.26. The predicted molar refractivity (Wildman–Crippen MR) is 85.5 cm³/mol. The van der Waals surface area contributed by atoms with E-state index in [-0.39, 0.29) is 23.9 Å². The second-order valence-corrected chi connectivity index (χ2v) is 5.74. The summed E-state index contributed by atoms with van der Waals surface area (Å²) in [6.07, 6.45) is -9.27. The van der Waals surface area contributed by atoms with Crippen LogP contribution in [0, 0.1) is 5.92 Å². The Hall–Kier alpha value is -1.88. The standard InChI is InChI=1S/C15H16F6N2O3.ClH/c16-14(17,18)7-25-11-1-10(13(24)23-6-9-4-22-5-9)2-12(3-11)26-8-15(19,20)21;/h1-3,9,22H,4-8H2,(H,23,24);1H. The van der Waals surface area contributed by atoms with Crippen molar-refractivity contribution < 1.29 is 40.6 Å². The van der Waals surface area contributed by atoms with Gasteiger partial charge in [0.15, 0.2) is 13.2 Å². The molecule has 27 heavy (non-hydrogen) atoms. The first-order chi connectivity index (χ1) is 12.0. The van der Waals surface area contributed by atoms with E-state index in [9.17, 15) is 31.1 Å². The number of nitrogens with one attached hydrogen (secondary N) is 2. The minimum atomic E-state index is -4.64. The molecule has 1 aliphatic heterocycles. The molecule has 0 spiro atoms. The van der Waals surface area contributed by atoms with Crippen molar-refractivity contribution in [3.8, 4) is 11.5 Å². The SMILES string of the molecule is Cl.O=C(NCC1CNC1)c1cc(OCC(F)(F)F)cc(OCC(F)(F)F)c1. The van der Waals surface area contributed by atoms with Crippen LogP contribution in [0.25, 0.3) is 0 Å². The Bertz CT molecular complexity index is 599. The fraction of sp³-hybridized carbons (Fsp3) is 0.533. The summed E-state index contributed by atoms with van der Waals surface area (Å²) in [7, 11) is 0. The first-order valence-corrected chi connectivity index (χ1v) is 7.55. The summed E-state index contributed by atoms with van der Waals surface area (Å²) >= 11 is 0. The maximum absolute atomic E-state index is 12.3. The summed E-state index contributed by atoms with van der Waals surface area (Å²) in [5.41, 5.74) is -0.158. The number of rotatable bonds is 7. The zero-order valence-corrected chi connectivity index (χ0v) is 14.6. The van der Waals surface area contributed by atoms with Gasteiger partial charge in [0.25, 0.3) is 5.91 Å². The molecule has 0 aliphatic carbocycles. The van der Waals surface area contributed by atoms with Gasteiger partial charge in [-0.1, -0.05) is 0 Å². The molecule has 0 unspecified atom stereocenters. The van der Waals surface area contributed by atoms with Gasteiger partial charge in [0.1, 0.15) is 11.5 Å². The molecule has 1 saturated heterocycles. The molecule has 1 fully saturated rings. The van der Waals surface area contributed by atoms with E-state index in [1.54, 1.807) is 0 Å². The second-order valence-electron chi connectivity index (χ2n) is 5.74. The van der Waals surface area contributed by atoms with Crippen LogP contribution in [0.5, 0.6) is 11.5 Å². The van der Waals surface area contributed by atoms with Crippen LogP contribution in [-0.4, -0.2) is 51.1 Å². The van der Waals surface area contributed by atoms with Crippen LogP contribution < -0.4 is 20.1 Å². The lowest BCUT2D eigenvalue weighted by Crippen LogP contribution is -2.48. The van der Waals surface area contributed by atoms with Gasteiger partial charge < -0.3 is 20.1 Å². The van der Waals surface area contributed by atoms with Gasteiger partial charge >= 0.3 is 12.4 Å². The number of hydrogen-bond acceptors (Lipinski definition) is 4. The third-order valence-electron chi connectivity index (χ3n) is 3.36. The molecule has 0 saturated carbocycles. The van der Waals surface area contributed by atoms with Gasteiger partial charge in [0.05, 0.1) is 0 Å². The van der Waals surface area contributed by atoms with Gasteiger partial charge in [-0.05, 0) is 12.1 Å². The van der Waals surface area contributed by atoms with Crippen molar-refractivity contribution in [2.45, 2.75) is 12.4 Å². The van der Waals surface area contributed by atoms with Crippen LogP contribution >= 0.6 is 12.4 Å². The van der Waals surface area contributed by atoms with Crippen LogP contribution in [0.4, 0.5) is 26.3 Å². The van der Waals surface area contributed by atoms with E-state index >= 15 is 0 Å². The molecular formula is C15H17ClF6N2O3. The first-order valence-electron chi connectivity index (χ1n) is 7.55. The van der Waals surface area contributed by atoms with E-state index in [1.165, 1.54) is 0 Å². The number of amides is 1. The molecule has 0 bridgehead atoms. The minimum Gasteiger partial charge on any atom is -0.484 e. The molecular weight excluding hydrogens is 406 g/mol. The van der Waals surface area contributed by atoms with Gasteiger partial charge in [-0.15, -0.1) is 12.4 Å². The average molecular weight is 423 g/mol. The molecule has 0 aromatic heterocycles. The van der Waals surface area contributed by atoms with Crippen molar-refractivity contribution >= 4 is 18.3 Å². The highest BCUT2D eigenvalue weighted by molar-refractivity contribution is 5.95. The summed E-state index contributed by atoms with van der Waals surface area (Å²) < 4.78 is 82.7. The maximum atomic E-state index is 12.3. The molecule has 1 heterocycles. The van der Waals surface area contributed by atoms with Crippen LogP contribution in [0.1, 0.15) is 10.4 Å². The lowest BCUT2D eigenvalue weighted by molar-refractivity contribution is -0.153. The Morgan fingerprint density at radius 2 is 1.48 bits per heavy atom. The summed E-state index contributed by atoms with van der Waals surface area (Å²) in [6.45, 7) is -1.53. The van der Waals surface area contributed by atoms with E-state index < -0.39 is 43.0 Å². The van der Waals surface area contributed by atoms with Gasteiger partial charge in [-0.3, -0.25) is 4.79 Å². The molecule has 1 aromatic rings. The second kappa shape index (κ2) is 9.36. The Morgan fingerprint density at radius 1 is 1.00 bits per heavy atom. The van der Waals surface area contributed by atoms with Crippen molar-refractivity contribution in [3.05, 3.63) is 23.8 Å². The topological polar surface area (TPSA) is 59.6 Å². The van der Waals surface area contributed by atoms with Crippen LogP contribution in [0.2, 0.25) is 0 Å². The highest BCUT2D eigenvalue weighted by Crippen LogP contribution is 2.27. The number of carbonyl (C=O) groups is 1. The van der Waals surface area contributed by atoms with Gasteiger partial charge in [0.2, 0.25) is 0 Å². The number of halogens is 7. The van der Waals surface area contributed by atoms with E-state index in [1.807, 2.05) is 0 Å². The van der Waals surface area contributed by atoms with Crippen molar-refractivity contribution in [1.29, 1.82) is 0 Å². The molecule has 1 aliphatic rings. The molecule has 1 amide bonds. The Labute approximate surface area is 156 Å². The predicted octanol–water partition coefficient (Wildman–Crippen LogP) is 2.94. The molecule has 5 nitrogen and oxygen atoms in total. The zero-order valence-electron chi connectivity index (χ0n) is 13.7. The quantitative estimate of drug-likeness (QED) is 0.663.